The lowest BCUT2D eigenvalue weighted by molar-refractivity contribution is 0.801. The van der Waals surface area contributed by atoms with Gasteiger partial charge in [0.25, 0.3) is 0 Å². The van der Waals surface area contributed by atoms with Gasteiger partial charge in [0, 0.05) is 10.4 Å². The number of benzene rings is 1. The van der Waals surface area contributed by atoms with Crippen molar-refractivity contribution in [1.29, 1.82) is 0 Å². The molecule has 0 unspecified atom stereocenters. The number of halogens is 3. The Kier molecular flexibility index (Phi) is 3.29. The maximum Gasteiger partial charge on any atom is 0.0937 e. The van der Waals surface area contributed by atoms with E-state index in [2.05, 4.69) is 26.2 Å². The first-order chi connectivity index (χ1) is 7.20. The molecule has 15 heavy (non-hydrogen) atoms. The molecule has 0 bridgehead atoms. The second-order valence-electron chi connectivity index (χ2n) is 2.88. The molecule has 1 aromatic heterocycles. The Labute approximate surface area is 105 Å². The number of rotatable bonds is 2. The third-order valence-electron chi connectivity index (χ3n) is 1.83. The van der Waals surface area contributed by atoms with Crippen LogP contribution < -0.4 is 0 Å². The molecule has 0 amide bonds. The van der Waals surface area contributed by atoms with E-state index in [9.17, 15) is 0 Å². The number of hydrogen-bond donors (Lipinski definition) is 0. The van der Waals surface area contributed by atoms with Crippen molar-refractivity contribution >= 4 is 39.1 Å². The summed E-state index contributed by atoms with van der Waals surface area (Å²) in [6, 6.07) is 5.21. The minimum absolute atomic E-state index is 0.588. The zero-order valence-corrected chi connectivity index (χ0v) is 10.6. The Balaban J connectivity index is 2.48. The van der Waals surface area contributed by atoms with Gasteiger partial charge >= 0.3 is 0 Å². The SMILES string of the molecule is Clc1ccc(Cl)c(-n2cc(CBr)nn2)c1. The summed E-state index contributed by atoms with van der Waals surface area (Å²) in [5, 5.41) is 9.76. The Hall–Kier alpha value is -0.580. The summed E-state index contributed by atoms with van der Waals surface area (Å²) >= 11 is 15.2. The van der Waals surface area contributed by atoms with Crippen molar-refractivity contribution in [2.45, 2.75) is 5.33 Å². The molecule has 0 radical (unpaired) electrons. The summed E-state index contributed by atoms with van der Waals surface area (Å²) in [4.78, 5) is 0. The van der Waals surface area contributed by atoms with Crippen molar-refractivity contribution in [1.82, 2.24) is 15.0 Å². The Morgan fingerprint density at radius 1 is 1.33 bits per heavy atom. The lowest BCUT2D eigenvalue weighted by atomic mass is 10.3. The fourth-order valence-electron chi connectivity index (χ4n) is 1.14. The molecule has 0 spiro atoms. The van der Waals surface area contributed by atoms with E-state index in [1.54, 1.807) is 29.1 Å². The lowest BCUT2D eigenvalue weighted by Gasteiger charge is -2.02. The van der Waals surface area contributed by atoms with Crippen molar-refractivity contribution in [3.63, 3.8) is 0 Å². The average Bonchev–Trinajstić information content (AvgIpc) is 2.70. The van der Waals surface area contributed by atoms with Crippen LogP contribution in [0.2, 0.25) is 10.0 Å². The molecule has 1 heterocycles. The number of aromatic nitrogens is 3. The summed E-state index contributed by atoms with van der Waals surface area (Å²) in [7, 11) is 0. The summed E-state index contributed by atoms with van der Waals surface area (Å²) in [6.45, 7) is 0. The van der Waals surface area contributed by atoms with Crippen molar-refractivity contribution in [3.05, 3.63) is 40.1 Å². The minimum atomic E-state index is 0.588. The Morgan fingerprint density at radius 3 is 2.80 bits per heavy atom. The molecule has 0 aliphatic heterocycles. The Morgan fingerprint density at radius 2 is 2.13 bits per heavy atom. The van der Waals surface area contributed by atoms with Crippen LogP contribution in [0.25, 0.3) is 5.69 Å². The molecule has 2 aromatic rings. The van der Waals surface area contributed by atoms with Gasteiger partial charge in [-0.15, -0.1) is 5.10 Å². The zero-order chi connectivity index (χ0) is 10.8. The van der Waals surface area contributed by atoms with Gasteiger partial charge in [0.1, 0.15) is 0 Å². The fraction of sp³-hybridized carbons (Fsp3) is 0.111. The predicted molar refractivity (Wildman–Crippen MR) is 64.0 cm³/mol. The highest BCUT2D eigenvalue weighted by Gasteiger charge is 2.06. The van der Waals surface area contributed by atoms with Crippen LogP contribution in [-0.2, 0) is 5.33 Å². The lowest BCUT2D eigenvalue weighted by Crippen LogP contribution is -1.95. The fourth-order valence-corrected chi connectivity index (χ4v) is 1.77. The van der Waals surface area contributed by atoms with Crippen LogP contribution in [0.5, 0.6) is 0 Å². The maximum absolute atomic E-state index is 6.02. The van der Waals surface area contributed by atoms with Crippen LogP contribution in [0, 0.1) is 0 Å². The summed E-state index contributed by atoms with van der Waals surface area (Å²) in [5.74, 6) is 0. The predicted octanol–water partition coefficient (Wildman–Crippen LogP) is 3.47. The molecule has 0 atom stereocenters. The third-order valence-corrected chi connectivity index (χ3v) is 2.96. The van der Waals surface area contributed by atoms with Crippen LogP contribution in [-0.4, -0.2) is 15.0 Å². The van der Waals surface area contributed by atoms with E-state index in [1.165, 1.54) is 0 Å². The van der Waals surface area contributed by atoms with Crippen LogP contribution in [0.15, 0.2) is 24.4 Å². The molecule has 0 aliphatic carbocycles. The van der Waals surface area contributed by atoms with E-state index < -0.39 is 0 Å². The van der Waals surface area contributed by atoms with Crippen molar-refractivity contribution in [2.75, 3.05) is 0 Å². The number of alkyl halides is 1. The number of hydrogen-bond acceptors (Lipinski definition) is 2. The van der Waals surface area contributed by atoms with Crippen LogP contribution in [0.1, 0.15) is 5.69 Å². The van der Waals surface area contributed by atoms with Gasteiger partial charge < -0.3 is 0 Å². The van der Waals surface area contributed by atoms with E-state index in [4.69, 9.17) is 23.2 Å². The monoisotopic (exact) mass is 305 g/mol. The summed E-state index contributed by atoms with van der Waals surface area (Å²) in [6.07, 6.45) is 1.80. The molecular formula is C9H6BrCl2N3. The molecule has 78 valence electrons. The largest absolute Gasteiger partial charge is 0.219 e. The van der Waals surface area contributed by atoms with E-state index in [0.29, 0.717) is 15.4 Å². The first-order valence-corrected chi connectivity index (χ1v) is 6.01. The first kappa shape index (κ1) is 10.9. The molecule has 0 saturated heterocycles. The van der Waals surface area contributed by atoms with Crippen molar-refractivity contribution < 1.29 is 0 Å². The van der Waals surface area contributed by atoms with E-state index in [-0.39, 0.29) is 0 Å². The molecule has 0 saturated carbocycles. The van der Waals surface area contributed by atoms with Gasteiger partial charge in [-0.2, -0.15) is 0 Å². The van der Waals surface area contributed by atoms with Crippen molar-refractivity contribution in [3.8, 4) is 5.69 Å². The molecule has 1 aromatic carbocycles. The first-order valence-electron chi connectivity index (χ1n) is 4.13. The van der Waals surface area contributed by atoms with E-state index in [0.717, 1.165) is 11.4 Å². The van der Waals surface area contributed by atoms with Crippen LogP contribution in [0.3, 0.4) is 0 Å². The zero-order valence-electron chi connectivity index (χ0n) is 7.49. The number of nitrogens with zero attached hydrogens (tertiary/aromatic N) is 3. The van der Waals surface area contributed by atoms with Crippen LogP contribution in [0.4, 0.5) is 0 Å². The topological polar surface area (TPSA) is 30.7 Å². The van der Waals surface area contributed by atoms with Gasteiger partial charge in [-0.25, -0.2) is 4.68 Å². The van der Waals surface area contributed by atoms with Gasteiger partial charge in [-0.1, -0.05) is 44.3 Å². The summed E-state index contributed by atoms with van der Waals surface area (Å²) in [5.41, 5.74) is 1.56. The highest BCUT2D eigenvalue weighted by molar-refractivity contribution is 9.08. The molecule has 3 nitrogen and oxygen atoms in total. The Bertz CT molecular complexity index is 484. The molecule has 0 fully saturated rings. The standard InChI is InChI=1S/C9H6BrCl2N3/c10-4-7-5-15(14-13-7)9-3-6(11)1-2-8(9)12/h1-3,5H,4H2. The second-order valence-corrected chi connectivity index (χ2v) is 4.29. The second kappa shape index (κ2) is 4.51. The summed E-state index contributed by atoms with van der Waals surface area (Å²) < 4.78 is 1.60. The molecular weight excluding hydrogens is 301 g/mol. The maximum atomic E-state index is 6.02. The van der Waals surface area contributed by atoms with Gasteiger partial charge in [0.15, 0.2) is 0 Å². The quantitative estimate of drug-likeness (QED) is 0.795. The van der Waals surface area contributed by atoms with E-state index in [1.807, 2.05) is 0 Å². The molecule has 6 heteroatoms. The average molecular weight is 307 g/mol. The van der Waals surface area contributed by atoms with Gasteiger partial charge in [0.05, 0.1) is 22.6 Å². The molecule has 0 N–H and O–H groups in total. The normalized spacial score (nSPS) is 10.6. The third kappa shape index (κ3) is 2.33. The highest BCUT2D eigenvalue weighted by atomic mass is 79.9. The molecule has 0 aliphatic rings. The van der Waals surface area contributed by atoms with Crippen LogP contribution >= 0.6 is 39.1 Å². The highest BCUT2D eigenvalue weighted by Crippen LogP contribution is 2.23. The van der Waals surface area contributed by atoms with Crippen molar-refractivity contribution in [2.24, 2.45) is 0 Å². The molecule has 2 rings (SSSR count). The van der Waals surface area contributed by atoms with Gasteiger partial charge in [0.2, 0.25) is 0 Å². The van der Waals surface area contributed by atoms with E-state index >= 15 is 0 Å². The van der Waals surface area contributed by atoms with Gasteiger partial charge in [-0.05, 0) is 18.2 Å². The van der Waals surface area contributed by atoms with Gasteiger partial charge in [-0.3, -0.25) is 0 Å². The smallest absolute Gasteiger partial charge is 0.0937 e. The minimum Gasteiger partial charge on any atom is -0.219 e.